The summed E-state index contributed by atoms with van der Waals surface area (Å²) in [6, 6.07) is 4.63. The van der Waals surface area contributed by atoms with Crippen LogP contribution in [0.3, 0.4) is 0 Å². The lowest BCUT2D eigenvalue weighted by atomic mass is 10.1. The first-order chi connectivity index (χ1) is 13.6. The van der Waals surface area contributed by atoms with E-state index in [4.69, 9.17) is 4.74 Å². The predicted octanol–water partition coefficient (Wildman–Crippen LogP) is 2.92. The average molecular weight is 412 g/mol. The highest BCUT2D eigenvalue weighted by Crippen LogP contribution is 2.32. The topological polar surface area (TPSA) is 85.2 Å². The summed E-state index contributed by atoms with van der Waals surface area (Å²) in [7, 11) is 1.41. The molecule has 29 heavy (non-hydrogen) atoms. The zero-order valence-corrected chi connectivity index (χ0v) is 16.4. The molecule has 0 spiro atoms. The summed E-state index contributed by atoms with van der Waals surface area (Å²) >= 11 is 0. The Labute approximate surface area is 166 Å². The Morgan fingerprint density at radius 1 is 1.17 bits per heavy atom. The van der Waals surface area contributed by atoms with Crippen LogP contribution in [-0.4, -0.2) is 41.9 Å². The maximum atomic E-state index is 13.2. The molecule has 0 bridgehead atoms. The fourth-order valence-electron chi connectivity index (χ4n) is 2.69. The fourth-order valence-corrected chi connectivity index (χ4v) is 2.69. The molecule has 2 N–H and O–H groups in total. The van der Waals surface area contributed by atoms with Gasteiger partial charge in [-0.2, -0.15) is 18.3 Å². The molecule has 0 aliphatic heterocycles. The standard InChI is InChI=1S/C19H23F3N4O3/c1-12-8-13(2)26(25-12)6-5-23-18(28)14-9-15(19(20,21)22)11-16(10-14)24-17(27)4-7-29-3/h8-11H,4-7H2,1-3H3,(H,23,28)(H,24,27). The first kappa shape index (κ1) is 22.4. The molecule has 2 rings (SSSR count). The number of hydrogen-bond acceptors (Lipinski definition) is 4. The van der Waals surface area contributed by atoms with Crippen molar-refractivity contribution >= 4 is 17.5 Å². The summed E-state index contributed by atoms with van der Waals surface area (Å²) in [5.41, 5.74) is 0.419. The number of amides is 2. The number of aryl methyl sites for hydroxylation is 2. The quantitative estimate of drug-likeness (QED) is 0.698. The minimum atomic E-state index is -4.66. The normalized spacial score (nSPS) is 11.4. The van der Waals surface area contributed by atoms with Crippen molar-refractivity contribution in [2.45, 2.75) is 33.0 Å². The van der Waals surface area contributed by atoms with Crippen LogP contribution >= 0.6 is 0 Å². The van der Waals surface area contributed by atoms with Gasteiger partial charge >= 0.3 is 6.18 Å². The Balaban J connectivity index is 2.12. The maximum Gasteiger partial charge on any atom is 0.416 e. The molecule has 0 aliphatic carbocycles. The molecule has 0 atom stereocenters. The van der Waals surface area contributed by atoms with Crippen molar-refractivity contribution < 1.29 is 27.5 Å². The van der Waals surface area contributed by atoms with E-state index in [1.54, 1.807) is 4.68 Å². The molecule has 10 heteroatoms. The highest BCUT2D eigenvalue weighted by atomic mass is 19.4. The third-order valence-electron chi connectivity index (χ3n) is 4.05. The Kier molecular flexibility index (Phi) is 7.38. The first-order valence-electron chi connectivity index (χ1n) is 8.90. The lowest BCUT2D eigenvalue weighted by Crippen LogP contribution is -2.28. The zero-order chi connectivity index (χ0) is 21.6. The Bertz CT molecular complexity index is 878. The Morgan fingerprint density at radius 2 is 1.90 bits per heavy atom. The van der Waals surface area contributed by atoms with Crippen molar-refractivity contribution in [1.82, 2.24) is 15.1 Å². The van der Waals surface area contributed by atoms with Crippen molar-refractivity contribution in [3.63, 3.8) is 0 Å². The van der Waals surface area contributed by atoms with Crippen molar-refractivity contribution in [2.75, 3.05) is 25.6 Å². The van der Waals surface area contributed by atoms with Crippen LogP contribution in [0.15, 0.2) is 24.3 Å². The summed E-state index contributed by atoms with van der Waals surface area (Å²) in [5, 5.41) is 9.20. The smallest absolute Gasteiger partial charge is 0.384 e. The summed E-state index contributed by atoms with van der Waals surface area (Å²) in [4.78, 5) is 24.2. The van der Waals surface area contributed by atoms with E-state index in [2.05, 4.69) is 15.7 Å². The number of ether oxygens (including phenoxy) is 1. The van der Waals surface area contributed by atoms with Gasteiger partial charge in [-0.25, -0.2) is 0 Å². The second-order valence-corrected chi connectivity index (χ2v) is 6.49. The van der Waals surface area contributed by atoms with Crippen molar-refractivity contribution in [3.05, 3.63) is 46.8 Å². The highest BCUT2D eigenvalue weighted by molar-refractivity contribution is 5.97. The van der Waals surface area contributed by atoms with E-state index in [0.717, 1.165) is 23.5 Å². The lowest BCUT2D eigenvalue weighted by Gasteiger charge is -2.13. The van der Waals surface area contributed by atoms with Gasteiger partial charge in [-0.1, -0.05) is 0 Å². The van der Waals surface area contributed by atoms with Crippen LogP contribution in [0.2, 0.25) is 0 Å². The number of aromatic nitrogens is 2. The second-order valence-electron chi connectivity index (χ2n) is 6.49. The van der Waals surface area contributed by atoms with Gasteiger partial charge in [0, 0.05) is 30.6 Å². The molecule has 0 aliphatic rings. The van der Waals surface area contributed by atoms with E-state index in [1.165, 1.54) is 13.2 Å². The number of alkyl halides is 3. The number of carbonyl (C=O) groups excluding carboxylic acids is 2. The molecule has 1 heterocycles. The van der Waals surface area contributed by atoms with Gasteiger partial charge in [-0.05, 0) is 38.1 Å². The molecule has 0 unspecified atom stereocenters. The van der Waals surface area contributed by atoms with Crippen LogP contribution in [0.4, 0.5) is 18.9 Å². The summed E-state index contributed by atoms with van der Waals surface area (Å²) < 4.78 is 46.1. The average Bonchev–Trinajstić information content (AvgIpc) is 2.96. The number of nitrogens with zero attached hydrogens (tertiary/aromatic N) is 2. The van der Waals surface area contributed by atoms with Gasteiger partial charge < -0.3 is 15.4 Å². The van der Waals surface area contributed by atoms with E-state index in [-0.39, 0.29) is 30.8 Å². The van der Waals surface area contributed by atoms with E-state index < -0.39 is 23.6 Å². The molecule has 0 saturated heterocycles. The third kappa shape index (κ3) is 6.60. The van der Waals surface area contributed by atoms with Crippen LogP contribution in [0, 0.1) is 13.8 Å². The molecule has 7 nitrogen and oxygen atoms in total. The summed E-state index contributed by atoms with van der Waals surface area (Å²) in [6.45, 7) is 4.41. The lowest BCUT2D eigenvalue weighted by molar-refractivity contribution is -0.137. The number of halogens is 3. The number of nitrogens with one attached hydrogen (secondary N) is 2. The minimum absolute atomic E-state index is 0.0170. The summed E-state index contributed by atoms with van der Waals surface area (Å²) in [6.07, 6.45) is -4.68. The van der Waals surface area contributed by atoms with E-state index in [9.17, 15) is 22.8 Å². The van der Waals surface area contributed by atoms with Gasteiger partial charge in [0.2, 0.25) is 5.91 Å². The van der Waals surface area contributed by atoms with Crippen molar-refractivity contribution in [2.24, 2.45) is 0 Å². The number of methoxy groups -OCH3 is 1. The molecular formula is C19H23F3N4O3. The molecule has 0 radical (unpaired) electrons. The molecule has 158 valence electrons. The van der Waals surface area contributed by atoms with E-state index in [1.807, 2.05) is 19.9 Å². The monoisotopic (exact) mass is 412 g/mol. The Hall–Kier alpha value is -2.88. The van der Waals surface area contributed by atoms with Crippen LogP contribution in [0.5, 0.6) is 0 Å². The molecule has 0 fully saturated rings. The predicted molar refractivity (Wildman–Crippen MR) is 101 cm³/mol. The van der Waals surface area contributed by atoms with Crippen LogP contribution in [0.1, 0.15) is 33.7 Å². The zero-order valence-electron chi connectivity index (χ0n) is 16.4. The number of rotatable bonds is 8. The first-order valence-corrected chi connectivity index (χ1v) is 8.90. The molecule has 1 aromatic heterocycles. The van der Waals surface area contributed by atoms with Gasteiger partial charge in [-0.3, -0.25) is 14.3 Å². The second kappa shape index (κ2) is 9.55. The maximum absolute atomic E-state index is 13.2. The SMILES string of the molecule is COCCC(=O)Nc1cc(C(=O)NCCn2nc(C)cc2C)cc(C(F)(F)F)c1. The molecule has 2 amide bonds. The number of carbonyl (C=O) groups is 2. The number of benzene rings is 1. The van der Waals surface area contributed by atoms with Crippen LogP contribution in [-0.2, 0) is 22.3 Å². The molecular weight excluding hydrogens is 389 g/mol. The van der Waals surface area contributed by atoms with Gasteiger partial charge in [-0.15, -0.1) is 0 Å². The molecule has 2 aromatic rings. The third-order valence-corrected chi connectivity index (χ3v) is 4.05. The van der Waals surface area contributed by atoms with Crippen molar-refractivity contribution in [1.29, 1.82) is 0 Å². The number of hydrogen-bond donors (Lipinski definition) is 2. The van der Waals surface area contributed by atoms with Crippen LogP contribution in [0.25, 0.3) is 0 Å². The highest BCUT2D eigenvalue weighted by Gasteiger charge is 2.32. The van der Waals surface area contributed by atoms with Gasteiger partial charge in [0.05, 0.1) is 30.8 Å². The molecule has 1 aromatic carbocycles. The largest absolute Gasteiger partial charge is 0.416 e. The molecule has 0 saturated carbocycles. The Morgan fingerprint density at radius 3 is 2.48 bits per heavy atom. The van der Waals surface area contributed by atoms with E-state index >= 15 is 0 Å². The fraction of sp³-hybridized carbons (Fsp3) is 0.421. The van der Waals surface area contributed by atoms with Crippen molar-refractivity contribution in [3.8, 4) is 0 Å². The summed E-state index contributed by atoms with van der Waals surface area (Å²) in [5.74, 6) is -1.19. The van der Waals surface area contributed by atoms with Gasteiger partial charge in [0.1, 0.15) is 0 Å². The minimum Gasteiger partial charge on any atom is -0.384 e. The van der Waals surface area contributed by atoms with Gasteiger partial charge in [0.25, 0.3) is 5.91 Å². The van der Waals surface area contributed by atoms with E-state index in [0.29, 0.717) is 6.54 Å². The number of anilines is 1. The van der Waals surface area contributed by atoms with Crippen LogP contribution < -0.4 is 10.6 Å². The van der Waals surface area contributed by atoms with Gasteiger partial charge in [0.15, 0.2) is 0 Å².